The molecule has 0 aromatic heterocycles. The third-order valence-corrected chi connectivity index (χ3v) is 3.35. The van der Waals surface area contributed by atoms with E-state index in [1.54, 1.807) is 0 Å². The monoisotopic (exact) mass is 227 g/mol. The van der Waals surface area contributed by atoms with Crippen molar-refractivity contribution in [2.75, 3.05) is 26.7 Å². The lowest BCUT2D eigenvalue weighted by Crippen LogP contribution is -2.38. The first kappa shape index (κ1) is 13.5. The zero-order valence-corrected chi connectivity index (χ0v) is 10.4. The number of primary amides is 1. The van der Waals surface area contributed by atoms with E-state index in [-0.39, 0.29) is 5.91 Å². The number of hydrogen-bond acceptors (Lipinski definition) is 3. The zero-order chi connectivity index (χ0) is 11.8. The minimum absolute atomic E-state index is 0.200. The summed E-state index contributed by atoms with van der Waals surface area (Å²) in [4.78, 5) is 13.0. The first-order valence-corrected chi connectivity index (χ1v) is 6.39. The molecule has 1 atom stereocenters. The van der Waals surface area contributed by atoms with Gasteiger partial charge in [0, 0.05) is 12.5 Å². The van der Waals surface area contributed by atoms with Crippen molar-refractivity contribution in [3.63, 3.8) is 0 Å². The second kappa shape index (κ2) is 7.63. The molecule has 1 rings (SSSR count). The minimum Gasteiger partial charge on any atom is -0.370 e. The van der Waals surface area contributed by atoms with Gasteiger partial charge in [0.05, 0.1) is 0 Å². The molecule has 1 heterocycles. The molecule has 94 valence electrons. The van der Waals surface area contributed by atoms with E-state index in [9.17, 15) is 4.79 Å². The molecule has 0 radical (unpaired) electrons. The van der Waals surface area contributed by atoms with Gasteiger partial charge in [-0.1, -0.05) is 6.42 Å². The lowest BCUT2D eigenvalue weighted by Gasteiger charge is -2.32. The molecule has 1 aliphatic heterocycles. The van der Waals surface area contributed by atoms with Crippen molar-refractivity contribution in [3.05, 3.63) is 0 Å². The number of carbonyl (C=O) groups excluding carboxylic acids is 1. The summed E-state index contributed by atoms with van der Waals surface area (Å²) in [5, 5.41) is 3.37. The van der Waals surface area contributed by atoms with Crippen LogP contribution in [-0.4, -0.2) is 43.5 Å². The predicted molar refractivity (Wildman–Crippen MR) is 66.2 cm³/mol. The Balaban J connectivity index is 1.95. The third kappa shape index (κ3) is 5.47. The van der Waals surface area contributed by atoms with Crippen LogP contribution in [-0.2, 0) is 4.79 Å². The fourth-order valence-corrected chi connectivity index (χ4v) is 2.29. The second-order valence-corrected chi connectivity index (χ2v) is 4.74. The van der Waals surface area contributed by atoms with Crippen LogP contribution >= 0.6 is 0 Å². The summed E-state index contributed by atoms with van der Waals surface area (Å²) >= 11 is 0. The standard InChI is InChI=1S/C12H25N3O/c1-15-10-3-2-5-11(15)7-9-14-8-4-6-12(13)16/h11,14H,2-10H2,1H3,(H2,13,16). The summed E-state index contributed by atoms with van der Waals surface area (Å²) in [6, 6.07) is 0.748. The van der Waals surface area contributed by atoms with Crippen LogP contribution in [0.4, 0.5) is 0 Å². The number of likely N-dealkylation sites (tertiary alicyclic amines) is 1. The van der Waals surface area contributed by atoms with Gasteiger partial charge >= 0.3 is 0 Å². The van der Waals surface area contributed by atoms with Gasteiger partial charge in [0.15, 0.2) is 0 Å². The quantitative estimate of drug-likeness (QED) is 0.630. The lowest BCUT2D eigenvalue weighted by molar-refractivity contribution is -0.118. The van der Waals surface area contributed by atoms with Gasteiger partial charge in [-0.3, -0.25) is 4.79 Å². The van der Waals surface area contributed by atoms with Crippen LogP contribution in [0.3, 0.4) is 0 Å². The molecule has 0 aromatic rings. The predicted octanol–water partition coefficient (Wildman–Crippen LogP) is 0.716. The molecule has 1 aliphatic rings. The van der Waals surface area contributed by atoms with Crippen molar-refractivity contribution >= 4 is 5.91 Å². The van der Waals surface area contributed by atoms with Crippen LogP contribution in [0.25, 0.3) is 0 Å². The first-order chi connectivity index (χ1) is 7.70. The molecule has 4 nitrogen and oxygen atoms in total. The number of rotatable bonds is 7. The summed E-state index contributed by atoms with van der Waals surface area (Å²) in [7, 11) is 2.22. The summed E-state index contributed by atoms with van der Waals surface area (Å²) in [5.41, 5.74) is 5.07. The average molecular weight is 227 g/mol. The number of nitrogens with one attached hydrogen (secondary N) is 1. The second-order valence-electron chi connectivity index (χ2n) is 4.74. The van der Waals surface area contributed by atoms with Crippen LogP contribution in [0.15, 0.2) is 0 Å². The van der Waals surface area contributed by atoms with Crippen LogP contribution < -0.4 is 11.1 Å². The topological polar surface area (TPSA) is 58.4 Å². The third-order valence-electron chi connectivity index (χ3n) is 3.35. The van der Waals surface area contributed by atoms with Gasteiger partial charge in [0.1, 0.15) is 0 Å². The van der Waals surface area contributed by atoms with Gasteiger partial charge in [0.25, 0.3) is 0 Å². The van der Waals surface area contributed by atoms with Crippen LogP contribution in [0, 0.1) is 0 Å². The van der Waals surface area contributed by atoms with Crippen molar-refractivity contribution in [1.82, 2.24) is 10.2 Å². The Morgan fingerprint density at radius 2 is 2.25 bits per heavy atom. The fraction of sp³-hybridized carbons (Fsp3) is 0.917. The van der Waals surface area contributed by atoms with E-state index >= 15 is 0 Å². The normalized spacial score (nSPS) is 22.2. The highest BCUT2D eigenvalue weighted by Gasteiger charge is 2.17. The van der Waals surface area contributed by atoms with Gasteiger partial charge in [-0.25, -0.2) is 0 Å². The summed E-state index contributed by atoms with van der Waals surface area (Å²) in [6.07, 6.45) is 6.62. The molecule has 1 unspecified atom stereocenters. The number of nitrogens with two attached hydrogens (primary N) is 1. The Morgan fingerprint density at radius 3 is 2.94 bits per heavy atom. The number of nitrogens with zero attached hydrogens (tertiary/aromatic N) is 1. The minimum atomic E-state index is -0.200. The number of carbonyl (C=O) groups is 1. The number of piperidine rings is 1. The molecule has 4 heteroatoms. The van der Waals surface area contributed by atoms with Crippen molar-refractivity contribution in [2.24, 2.45) is 5.73 Å². The smallest absolute Gasteiger partial charge is 0.217 e. The van der Waals surface area contributed by atoms with Crippen LogP contribution in [0.1, 0.15) is 38.5 Å². The molecule has 3 N–H and O–H groups in total. The maximum Gasteiger partial charge on any atom is 0.217 e. The molecule has 1 fully saturated rings. The lowest BCUT2D eigenvalue weighted by atomic mass is 10.0. The van der Waals surface area contributed by atoms with E-state index in [1.807, 2.05) is 0 Å². The molecular weight excluding hydrogens is 202 g/mol. The maximum atomic E-state index is 10.5. The van der Waals surface area contributed by atoms with Crippen molar-refractivity contribution in [2.45, 2.75) is 44.6 Å². The molecular formula is C12H25N3O. The summed E-state index contributed by atoms with van der Waals surface area (Å²) in [6.45, 7) is 3.19. The van der Waals surface area contributed by atoms with Gasteiger partial charge in [-0.15, -0.1) is 0 Å². The van der Waals surface area contributed by atoms with E-state index in [2.05, 4.69) is 17.3 Å². The Hall–Kier alpha value is -0.610. The van der Waals surface area contributed by atoms with Crippen LogP contribution in [0.5, 0.6) is 0 Å². The SMILES string of the molecule is CN1CCCCC1CCNCCCC(N)=O. The van der Waals surface area contributed by atoms with Gasteiger partial charge in [-0.2, -0.15) is 0 Å². The molecule has 1 saturated heterocycles. The molecule has 0 aromatic carbocycles. The van der Waals surface area contributed by atoms with Gasteiger partial charge < -0.3 is 16.0 Å². The van der Waals surface area contributed by atoms with Crippen molar-refractivity contribution < 1.29 is 4.79 Å². The van der Waals surface area contributed by atoms with Crippen molar-refractivity contribution in [3.8, 4) is 0 Å². The van der Waals surface area contributed by atoms with E-state index < -0.39 is 0 Å². The molecule has 16 heavy (non-hydrogen) atoms. The molecule has 0 aliphatic carbocycles. The van der Waals surface area contributed by atoms with E-state index in [0.29, 0.717) is 6.42 Å². The Morgan fingerprint density at radius 1 is 1.44 bits per heavy atom. The average Bonchev–Trinajstić information content (AvgIpc) is 2.25. The highest BCUT2D eigenvalue weighted by Crippen LogP contribution is 2.16. The van der Waals surface area contributed by atoms with Gasteiger partial charge in [0.2, 0.25) is 5.91 Å². The van der Waals surface area contributed by atoms with E-state index in [4.69, 9.17) is 5.73 Å². The summed E-state index contributed by atoms with van der Waals surface area (Å²) in [5.74, 6) is -0.200. The highest BCUT2D eigenvalue weighted by molar-refractivity contribution is 5.73. The largest absolute Gasteiger partial charge is 0.370 e. The molecule has 0 saturated carbocycles. The van der Waals surface area contributed by atoms with Crippen LogP contribution in [0.2, 0.25) is 0 Å². The van der Waals surface area contributed by atoms with E-state index in [1.165, 1.54) is 32.2 Å². The fourth-order valence-electron chi connectivity index (χ4n) is 2.29. The van der Waals surface area contributed by atoms with Gasteiger partial charge in [-0.05, 0) is 52.4 Å². The maximum absolute atomic E-state index is 10.5. The number of hydrogen-bond donors (Lipinski definition) is 2. The molecule has 0 spiro atoms. The molecule has 0 bridgehead atoms. The Labute approximate surface area is 98.6 Å². The Bertz CT molecular complexity index is 208. The summed E-state index contributed by atoms with van der Waals surface area (Å²) < 4.78 is 0. The van der Waals surface area contributed by atoms with E-state index in [0.717, 1.165) is 25.6 Å². The molecule has 1 amide bonds. The zero-order valence-electron chi connectivity index (χ0n) is 10.4. The Kier molecular flexibility index (Phi) is 6.42. The first-order valence-electron chi connectivity index (χ1n) is 6.39. The highest BCUT2D eigenvalue weighted by atomic mass is 16.1. The van der Waals surface area contributed by atoms with Crippen molar-refractivity contribution in [1.29, 1.82) is 0 Å². The number of amides is 1.